The molecule has 4 heteroatoms. The van der Waals surface area contributed by atoms with Crippen molar-refractivity contribution in [1.29, 1.82) is 0 Å². The van der Waals surface area contributed by atoms with E-state index < -0.39 is 0 Å². The van der Waals surface area contributed by atoms with Crippen molar-refractivity contribution in [3.05, 3.63) is 95.6 Å². The van der Waals surface area contributed by atoms with Gasteiger partial charge in [0.1, 0.15) is 0 Å². The molecule has 0 spiro atoms. The van der Waals surface area contributed by atoms with Gasteiger partial charge in [-0.15, -0.1) is 0 Å². The van der Waals surface area contributed by atoms with Crippen molar-refractivity contribution in [2.45, 2.75) is 65.5 Å². The van der Waals surface area contributed by atoms with Crippen LogP contribution in [-0.2, 0) is 23.9 Å². The third-order valence-electron chi connectivity index (χ3n) is 5.93. The maximum atomic E-state index is 4.56. The number of nitrogens with zero attached hydrogens (tertiary/aromatic N) is 4. The van der Waals surface area contributed by atoms with Crippen LogP contribution in [0.25, 0.3) is 11.1 Å². The predicted molar refractivity (Wildman–Crippen MR) is 132 cm³/mol. The van der Waals surface area contributed by atoms with Crippen LogP contribution in [0.3, 0.4) is 0 Å². The van der Waals surface area contributed by atoms with Gasteiger partial charge in [-0.25, -0.2) is 0 Å². The van der Waals surface area contributed by atoms with Gasteiger partial charge in [0.15, 0.2) is 0 Å². The quantitative estimate of drug-likeness (QED) is 0.368. The van der Waals surface area contributed by atoms with E-state index in [-0.39, 0.29) is 10.8 Å². The lowest BCUT2D eigenvalue weighted by atomic mass is 9.87. The van der Waals surface area contributed by atoms with Gasteiger partial charge in [-0.05, 0) is 33.1 Å². The van der Waals surface area contributed by atoms with Gasteiger partial charge in [0.05, 0.1) is 25.5 Å². The van der Waals surface area contributed by atoms with Crippen molar-refractivity contribution < 1.29 is 0 Å². The monoisotopic (exact) mass is 426 g/mol. The fraction of sp³-hybridized carbons (Fsp3) is 0.357. The molecule has 2 heterocycles. The third kappa shape index (κ3) is 5.18. The summed E-state index contributed by atoms with van der Waals surface area (Å²) in [4.78, 5) is 0. The summed E-state index contributed by atoms with van der Waals surface area (Å²) in [6, 6.07) is 17.7. The summed E-state index contributed by atoms with van der Waals surface area (Å²) >= 11 is 0. The third-order valence-corrected chi connectivity index (χ3v) is 5.93. The number of aromatic nitrogens is 4. The second-order valence-corrected chi connectivity index (χ2v) is 10.7. The van der Waals surface area contributed by atoms with Crippen LogP contribution in [0.2, 0.25) is 0 Å². The molecule has 0 radical (unpaired) electrons. The van der Waals surface area contributed by atoms with Gasteiger partial charge in [-0.2, -0.15) is 10.2 Å². The summed E-state index contributed by atoms with van der Waals surface area (Å²) in [5.74, 6) is 0. The minimum atomic E-state index is 0.173. The Morgan fingerprint density at radius 1 is 0.562 bits per heavy atom. The summed E-state index contributed by atoms with van der Waals surface area (Å²) in [6.45, 7) is 15.0. The highest BCUT2D eigenvalue weighted by Crippen LogP contribution is 2.24. The van der Waals surface area contributed by atoms with Crippen LogP contribution in [0.15, 0.2) is 73.3 Å². The minimum absolute atomic E-state index is 0.173. The molecule has 0 saturated carbocycles. The number of hydrogen-bond donors (Lipinski definition) is 0. The first-order valence-corrected chi connectivity index (χ1v) is 11.3. The Hall–Kier alpha value is -3.14. The van der Waals surface area contributed by atoms with Crippen molar-refractivity contribution in [2.24, 2.45) is 0 Å². The van der Waals surface area contributed by atoms with E-state index in [9.17, 15) is 0 Å². The first kappa shape index (κ1) is 22.1. The molecule has 0 saturated heterocycles. The molecule has 0 bridgehead atoms. The van der Waals surface area contributed by atoms with Crippen LogP contribution in [0.1, 0.15) is 63.8 Å². The van der Waals surface area contributed by atoms with Crippen molar-refractivity contribution in [3.8, 4) is 11.1 Å². The van der Waals surface area contributed by atoms with Gasteiger partial charge in [0.2, 0.25) is 0 Å². The van der Waals surface area contributed by atoms with Crippen LogP contribution in [0, 0.1) is 0 Å². The largest absolute Gasteiger partial charge is 0.268 e. The number of rotatable bonds is 5. The molecule has 0 amide bonds. The van der Waals surface area contributed by atoms with Crippen molar-refractivity contribution in [1.82, 2.24) is 19.6 Å². The van der Waals surface area contributed by atoms with Crippen LogP contribution < -0.4 is 0 Å². The smallest absolute Gasteiger partial charge is 0.0659 e. The fourth-order valence-electron chi connectivity index (χ4n) is 3.79. The van der Waals surface area contributed by atoms with Gasteiger partial charge in [-0.3, -0.25) is 9.36 Å². The highest BCUT2D eigenvalue weighted by molar-refractivity contribution is 5.59. The summed E-state index contributed by atoms with van der Waals surface area (Å²) in [6.07, 6.45) is 8.03. The molecule has 0 aliphatic rings. The fourth-order valence-corrected chi connectivity index (χ4v) is 3.79. The molecule has 0 N–H and O–H groups in total. The number of hydrogen-bond acceptors (Lipinski definition) is 2. The maximum Gasteiger partial charge on any atom is 0.0659 e. The lowest BCUT2D eigenvalue weighted by Gasteiger charge is -2.19. The van der Waals surface area contributed by atoms with Gasteiger partial charge < -0.3 is 0 Å². The van der Waals surface area contributed by atoms with Gasteiger partial charge in [0, 0.05) is 23.5 Å². The van der Waals surface area contributed by atoms with Crippen molar-refractivity contribution in [2.75, 3.05) is 0 Å². The molecule has 0 unspecified atom stereocenters. The van der Waals surface area contributed by atoms with E-state index in [2.05, 4.69) is 113 Å². The zero-order chi connectivity index (χ0) is 22.9. The molecule has 2 aromatic heterocycles. The summed E-state index contributed by atoms with van der Waals surface area (Å²) in [5.41, 5.74) is 7.73. The summed E-state index contributed by atoms with van der Waals surface area (Å²) in [7, 11) is 0. The molecule has 2 aromatic carbocycles. The van der Waals surface area contributed by atoms with E-state index in [1.165, 1.54) is 22.3 Å². The normalized spacial score (nSPS) is 12.3. The Morgan fingerprint density at radius 3 is 1.22 bits per heavy atom. The zero-order valence-corrected chi connectivity index (χ0v) is 20.1. The molecule has 0 aliphatic carbocycles. The molecule has 0 atom stereocenters. The van der Waals surface area contributed by atoms with E-state index >= 15 is 0 Å². The molecule has 4 nitrogen and oxygen atoms in total. The Balaban J connectivity index is 1.42. The second-order valence-electron chi connectivity index (χ2n) is 10.7. The van der Waals surface area contributed by atoms with Crippen LogP contribution in [-0.4, -0.2) is 19.6 Å². The summed E-state index contributed by atoms with van der Waals surface area (Å²) < 4.78 is 3.98. The van der Waals surface area contributed by atoms with Gasteiger partial charge in [0.25, 0.3) is 0 Å². The molecular weight excluding hydrogens is 392 g/mol. The van der Waals surface area contributed by atoms with Gasteiger partial charge in [-0.1, -0.05) is 90.1 Å². The lowest BCUT2D eigenvalue weighted by molar-refractivity contribution is 0.589. The van der Waals surface area contributed by atoms with E-state index in [1.54, 1.807) is 0 Å². The second kappa shape index (κ2) is 8.42. The number of benzene rings is 2. The van der Waals surface area contributed by atoms with Gasteiger partial charge >= 0.3 is 0 Å². The lowest BCUT2D eigenvalue weighted by Crippen LogP contribution is -2.11. The molecule has 4 aromatic rings. The average Bonchev–Trinajstić information content (AvgIpc) is 3.37. The average molecular weight is 427 g/mol. The highest BCUT2D eigenvalue weighted by Gasteiger charge is 2.14. The molecule has 0 fully saturated rings. The Labute approximate surface area is 191 Å². The van der Waals surface area contributed by atoms with E-state index in [1.807, 2.05) is 21.8 Å². The van der Waals surface area contributed by atoms with Crippen LogP contribution >= 0.6 is 0 Å². The molecule has 32 heavy (non-hydrogen) atoms. The topological polar surface area (TPSA) is 35.6 Å². The first-order chi connectivity index (χ1) is 15.1. The van der Waals surface area contributed by atoms with E-state index in [4.69, 9.17) is 0 Å². The van der Waals surface area contributed by atoms with E-state index in [0.717, 1.165) is 24.2 Å². The zero-order valence-electron chi connectivity index (χ0n) is 20.1. The SMILES string of the molecule is CC(C)(C)c1ccc(Cn2cc(-c3cnn(Cc4ccc(C(C)(C)C)cc4)c3)cn2)cc1. The predicted octanol–water partition coefficient (Wildman–Crippen LogP) is 6.44. The standard InChI is InChI=1S/C28H34N4/c1-27(2,3)25-11-7-21(8-12-25)17-31-19-23(15-29-31)24-16-30-32(20-24)18-22-9-13-26(14-10-22)28(4,5)6/h7-16,19-20H,17-18H2,1-6H3. The Morgan fingerprint density at radius 2 is 0.906 bits per heavy atom. The Bertz CT molecular complexity index is 1070. The first-order valence-electron chi connectivity index (χ1n) is 11.3. The molecule has 166 valence electrons. The van der Waals surface area contributed by atoms with Crippen molar-refractivity contribution in [3.63, 3.8) is 0 Å². The van der Waals surface area contributed by atoms with Crippen molar-refractivity contribution >= 4 is 0 Å². The highest BCUT2D eigenvalue weighted by atomic mass is 15.3. The van der Waals surface area contributed by atoms with Crippen LogP contribution in [0.4, 0.5) is 0 Å². The van der Waals surface area contributed by atoms with E-state index in [0.29, 0.717) is 0 Å². The molecule has 0 aliphatic heterocycles. The maximum absolute atomic E-state index is 4.56. The Kier molecular flexibility index (Phi) is 5.81. The molecule has 4 rings (SSSR count). The summed E-state index contributed by atoms with van der Waals surface area (Å²) in [5, 5.41) is 9.13. The van der Waals surface area contributed by atoms with Crippen LogP contribution in [0.5, 0.6) is 0 Å². The minimum Gasteiger partial charge on any atom is -0.268 e. The molecular formula is C28H34N4.